The molecule has 1 aliphatic carbocycles. The lowest BCUT2D eigenvalue weighted by Crippen LogP contribution is -2.35. The first-order chi connectivity index (χ1) is 11.3. The first-order valence-electron chi connectivity index (χ1n) is 9.00. The summed E-state index contributed by atoms with van der Waals surface area (Å²) in [6, 6.07) is 0. The van der Waals surface area contributed by atoms with E-state index >= 15 is 0 Å². The zero-order valence-electron chi connectivity index (χ0n) is 15.0. The van der Waals surface area contributed by atoms with Gasteiger partial charge in [0.1, 0.15) is 0 Å². The third-order valence-corrected chi connectivity index (χ3v) is 4.97. The molecule has 0 saturated carbocycles. The second kappa shape index (κ2) is 8.24. The van der Waals surface area contributed by atoms with E-state index in [0.29, 0.717) is 24.1 Å². The Labute approximate surface area is 143 Å². The molecule has 1 aliphatic heterocycles. The summed E-state index contributed by atoms with van der Waals surface area (Å²) in [4.78, 5) is 12.1. The number of halogens is 2. The monoisotopic (exact) mass is 341 g/mol. The zero-order valence-corrected chi connectivity index (χ0v) is 15.0. The highest BCUT2D eigenvalue weighted by Gasteiger charge is 2.37. The summed E-state index contributed by atoms with van der Waals surface area (Å²) in [5.74, 6) is -2.87. The van der Waals surface area contributed by atoms with Crippen molar-refractivity contribution in [2.75, 3.05) is 13.2 Å². The Morgan fingerprint density at radius 1 is 1.33 bits per heavy atom. The molecule has 0 aromatic heterocycles. The van der Waals surface area contributed by atoms with Crippen molar-refractivity contribution in [1.82, 2.24) is 5.32 Å². The van der Waals surface area contributed by atoms with E-state index in [9.17, 15) is 13.6 Å². The minimum Gasteiger partial charge on any atom is -0.385 e. The molecule has 2 aliphatic rings. The average molecular weight is 341 g/mol. The number of alkyl halides is 2. The van der Waals surface area contributed by atoms with E-state index in [0.717, 1.165) is 37.1 Å². The number of allylic oxidation sites excluding steroid dienone is 4. The molecule has 1 fully saturated rings. The lowest BCUT2D eigenvalue weighted by molar-refractivity contribution is -0.113. The van der Waals surface area contributed by atoms with Crippen LogP contribution in [0.2, 0.25) is 0 Å². The van der Waals surface area contributed by atoms with Crippen LogP contribution in [0.15, 0.2) is 22.4 Å². The van der Waals surface area contributed by atoms with Gasteiger partial charge >= 0.3 is 0 Å². The quantitative estimate of drug-likeness (QED) is 0.721. The lowest BCUT2D eigenvalue weighted by Gasteiger charge is -2.31. The molecule has 1 atom stereocenters. The molecule has 0 aromatic rings. The van der Waals surface area contributed by atoms with Gasteiger partial charge in [-0.2, -0.15) is 0 Å². The molecule has 24 heavy (non-hydrogen) atoms. The summed E-state index contributed by atoms with van der Waals surface area (Å²) >= 11 is 0. The molecule has 0 spiro atoms. The number of carbonyl (C=O) groups excluding carboxylic acids is 1. The number of hydrogen-bond donors (Lipinski definition) is 1. The Bertz CT molecular complexity index is 531. The minimum absolute atomic E-state index is 0.129. The summed E-state index contributed by atoms with van der Waals surface area (Å²) in [7, 11) is 0. The summed E-state index contributed by atoms with van der Waals surface area (Å²) in [5.41, 5.74) is 2.68. The topological polar surface area (TPSA) is 38.3 Å². The van der Waals surface area contributed by atoms with Crippen molar-refractivity contribution in [3.8, 4) is 0 Å². The second-order valence-corrected chi connectivity index (χ2v) is 6.92. The van der Waals surface area contributed by atoms with E-state index in [2.05, 4.69) is 5.32 Å². The highest BCUT2D eigenvalue weighted by molar-refractivity contribution is 5.98. The van der Waals surface area contributed by atoms with Crippen LogP contribution >= 0.6 is 0 Å². The number of Topliss-reactive ketones (excluding diaryl/α,β-unsaturated/α-hetero) is 1. The summed E-state index contributed by atoms with van der Waals surface area (Å²) in [6.45, 7) is 6.67. The third-order valence-electron chi connectivity index (χ3n) is 4.97. The van der Waals surface area contributed by atoms with Crippen LogP contribution in [0.4, 0.5) is 8.78 Å². The molecule has 1 unspecified atom stereocenters. The Balaban J connectivity index is 2.26. The number of nitrogens with one attached hydrogen (secondary N) is 1. The number of ketones is 1. The minimum atomic E-state index is -2.74. The largest absolute Gasteiger partial charge is 0.385 e. The summed E-state index contributed by atoms with van der Waals surface area (Å²) in [6.07, 6.45) is 3.80. The molecule has 0 aromatic carbocycles. The molecular formula is C19H29F2NO2. The van der Waals surface area contributed by atoms with Crippen LogP contribution in [-0.4, -0.2) is 31.0 Å². The Kier molecular flexibility index (Phi) is 6.55. The van der Waals surface area contributed by atoms with E-state index < -0.39 is 5.92 Å². The molecule has 1 heterocycles. The van der Waals surface area contributed by atoms with Crippen LogP contribution in [0, 0.1) is 0 Å². The first kappa shape index (κ1) is 19.1. The SMILES string of the molecule is CC/C(C)=C(\C(C)=O)C1=C(NCC2CCCCO2)CCC(F)(F)C1. The van der Waals surface area contributed by atoms with Gasteiger partial charge in [-0.25, -0.2) is 8.78 Å². The molecule has 136 valence electrons. The number of ether oxygens (including phenoxy) is 1. The maximum atomic E-state index is 14.0. The van der Waals surface area contributed by atoms with Gasteiger partial charge in [-0.05, 0) is 51.5 Å². The van der Waals surface area contributed by atoms with Crippen molar-refractivity contribution < 1.29 is 18.3 Å². The standard InChI is InChI=1S/C19H29F2NO2/c1-4-13(2)18(14(3)23)16-11-19(20,21)9-8-17(16)22-12-15-7-5-6-10-24-15/h15,22H,4-12H2,1-3H3/b18-13+. The van der Waals surface area contributed by atoms with Crippen LogP contribution in [-0.2, 0) is 9.53 Å². The normalized spacial score (nSPS) is 25.3. The van der Waals surface area contributed by atoms with Gasteiger partial charge in [-0.1, -0.05) is 12.5 Å². The fourth-order valence-electron chi connectivity index (χ4n) is 3.50. The highest BCUT2D eigenvalue weighted by atomic mass is 19.3. The van der Waals surface area contributed by atoms with Crippen LogP contribution < -0.4 is 5.32 Å². The predicted octanol–water partition coefficient (Wildman–Crippen LogP) is 4.53. The Morgan fingerprint density at radius 3 is 2.67 bits per heavy atom. The summed E-state index contributed by atoms with van der Waals surface area (Å²) in [5, 5.41) is 3.33. The van der Waals surface area contributed by atoms with Gasteiger partial charge in [-0.3, -0.25) is 4.79 Å². The third kappa shape index (κ3) is 4.88. The fourth-order valence-corrected chi connectivity index (χ4v) is 3.50. The second-order valence-electron chi connectivity index (χ2n) is 6.92. The van der Waals surface area contributed by atoms with Crippen LogP contribution in [0.1, 0.15) is 65.7 Å². The van der Waals surface area contributed by atoms with Crippen molar-refractivity contribution in [3.05, 3.63) is 22.4 Å². The molecule has 1 N–H and O–H groups in total. The molecular weight excluding hydrogens is 312 g/mol. The van der Waals surface area contributed by atoms with Gasteiger partial charge in [0.2, 0.25) is 0 Å². The first-order valence-corrected chi connectivity index (χ1v) is 9.00. The molecule has 0 bridgehead atoms. The summed E-state index contributed by atoms with van der Waals surface area (Å²) < 4.78 is 33.7. The molecule has 2 rings (SSSR count). The van der Waals surface area contributed by atoms with E-state index in [4.69, 9.17) is 4.74 Å². The van der Waals surface area contributed by atoms with Gasteiger partial charge in [0.25, 0.3) is 5.92 Å². The molecule has 0 amide bonds. The van der Waals surface area contributed by atoms with Gasteiger partial charge in [0, 0.05) is 37.3 Å². The van der Waals surface area contributed by atoms with Crippen molar-refractivity contribution in [2.45, 2.75) is 77.7 Å². The van der Waals surface area contributed by atoms with Gasteiger partial charge in [-0.15, -0.1) is 0 Å². The van der Waals surface area contributed by atoms with Crippen molar-refractivity contribution in [2.24, 2.45) is 0 Å². The molecule has 0 radical (unpaired) electrons. The Morgan fingerprint density at radius 2 is 2.08 bits per heavy atom. The maximum absolute atomic E-state index is 14.0. The van der Waals surface area contributed by atoms with Crippen LogP contribution in [0.25, 0.3) is 0 Å². The van der Waals surface area contributed by atoms with Crippen LogP contribution in [0.3, 0.4) is 0 Å². The molecule has 5 heteroatoms. The van der Waals surface area contributed by atoms with E-state index in [1.165, 1.54) is 6.92 Å². The van der Waals surface area contributed by atoms with E-state index in [1.54, 1.807) is 0 Å². The van der Waals surface area contributed by atoms with Crippen molar-refractivity contribution in [3.63, 3.8) is 0 Å². The average Bonchev–Trinajstić information content (AvgIpc) is 2.54. The van der Waals surface area contributed by atoms with Gasteiger partial charge in [0.05, 0.1) is 6.10 Å². The van der Waals surface area contributed by atoms with Crippen LogP contribution in [0.5, 0.6) is 0 Å². The Hall–Kier alpha value is -1.23. The lowest BCUT2D eigenvalue weighted by atomic mass is 9.84. The van der Waals surface area contributed by atoms with Gasteiger partial charge < -0.3 is 10.1 Å². The van der Waals surface area contributed by atoms with E-state index in [1.807, 2.05) is 13.8 Å². The predicted molar refractivity (Wildman–Crippen MR) is 91.1 cm³/mol. The zero-order chi connectivity index (χ0) is 17.7. The maximum Gasteiger partial charge on any atom is 0.252 e. The number of rotatable bonds is 6. The van der Waals surface area contributed by atoms with E-state index in [-0.39, 0.29) is 31.1 Å². The van der Waals surface area contributed by atoms with Crippen molar-refractivity contribution >= 4 is 5.78 Å². The highest BCUT2D eigenvalue weighted by Crippen LogP contribution is 2.40. The number of carbonyl (C=O) groups is 1. The van der Waals surface area contributed by atoms with Crippen molar-refractivity contribution in [1.29, 1.82) is 0 Å². The fraction of sp³-hybridized carbons (Fsp3) is 0.737. The molecule has 1 saturated heterocycles. The number of hydrogen-bond acceptors (Lipinski definition) is 3. The molecule has 3 nitrogen and oxygen atoms in total. The van der Waals surface area contributed by atoms with Gasteiger partial charge in [0.15, 0.2) is 5.78 Å². The smallest absolute Gasteiger partial charge is 0.252 e.